The molecule has 6 heteroatoms. The van der Waals surface area contributed by atoms with Gasteiger partial charge in [-0.1, -0.05) is 12.5 Å². The van der Waals surface area contributed by atoms with E-state index in [4.69, 9.17) is 30.5 Å². The Morgan fingerprint density at radius 3 is 2.75 bits per heavy atom. The van der Waals surface area contributed by atoms with Crippen molar-refractivity contribution in [2.45, 2.75) is 38.1 Å². The van der Waals surface area contributed by atoms with Gasteiger partial charge in [-0.2, -0.15) is 0 Å². The number of nitrogens with zero attached hydrogens (tertiary/aromatic N) is 1. The second kappa shape index (κ2) is 8.11. The minimum atomic E-state index is 0.290. The van der Waals surface area contributed by atoms with E-state index in [9.17, 15) is 0 Å². The zero-order chi connectivity index (χ0) is 21.7. The molecule has 0 bridgehead atoms. The molecular formula is C26H28ClNO4. The Morgan fingerprint density at radius 1 is 1.16 bits per heavy atom. The summed E-state index contributed by atoms with van der Waals surface area (Å²) in [5.74, 6) is 4.61. The maximum atomic E-state index is 6.32. The molecule has 1 aliphatic carbocycles. The van der Waals surface area contributed by atoms with E-state index >= 15 is 0 Å². The summed E-state index contributed by atoms with van der Waals surface area (Å²) in [7, 11) is 1.72. The molecule has 3 aliphatic heterocycles. The highest BCUT2D eigenvalue weighted by Gasteiger charge is 2.42. The summed E-state index contributed by atoms with van der Waals surface area (Å²) >= 11 is 5.93. The molecule has 0 N–H and O–H groups in total. The van der Waals surface area contributed by atoms with Crippen LogP contribution in [0.4, 0.5) is 0 Å². The van der Waals surface area contributed by atoms with E-state index in [0.29, 0.717) is 31.2 Å². The molecule has 1 fully saturated rings. The molecule has 0 saturated heterocycles. The number of alkyl halides is 1. The van der Waals surface area contributed by atoms with Crippen molar-refractivity contribution in [1.29, 1.82) is 0 Å². The average Bonchev–Trinajstić information content (AvgIpc) is 3.23. The number of methoxy groups -OCH3 is 1. The number of ether oxygens (including phenoxy) is 4. The van der Waals surface area contributed by atoms with Gasteiger partial charge in [0.2, 0.25) is 6.79 Å². The molecule has 2 aromatic rings. The predicted molar refractivity (Wildman–Crippen MR) is 125 cm³/mol. The number of rotatable bonds is 6. The van der Waals surface area contributed by atoms with E-state index in [1.807, 2.05) is 6.07 Å². The smallest absolute Gasteiger partial charge is 0.231 e. The summed E-state index contributed by atoms with van der Waals surface area (Å²) in [4.78, 5) is 2.60. The lowest BCUT2D eigenvalue weighted by atomic mass is 9.72. The van der Waals surface area contributed by atoms with Crippen molar-refractivity contribution in [2.24, 2.45) is 5.92 Å². The van der Waals surface area contributed by atoms with Gasteiger partial charge in [-0.25, -0.2) is 0 Å². The van der Waals surface area contributed by atoms with Crippen molar-refractivity contribution < 1.29 is 18.9 Å². The zero-order valence-corrected chi connectivity index (χ0v) is 19.1. The lowest BCUT2D eigenvalue weighted by Crippen LogP contribution is -2.41. The van der Waals surface area contributed by atoms with Crippen LogP contribution in [0, 0.1) is 5.92 Å². The van der Waals surface area contributed by atoms with E-state index < -0.39 is 0 Å². The predicted octanol–water partition coefficient (Wildman–Crippen LogP) is 5.64. The van der Waals surface area contributed by atoms with Crippen LogP contribution < -0.4 is 18.9 Å². The van der Waals surface area contributed by atoms with Gasteiger partial charge in [0, 0.05) is 29.2 Å². The van der Waals surface area contributed by atoms with Crippen LogP contribution in [0.15, 0.2) is 24.3 Å². The first-order valence-electron chi connectivity index (χ1n) is 11.6. The summed E-state index contributed by atoms with van der Waals surface area (Å²) in [6.45, 7) is 1.88. The number of benzene rings is 2. The highest BCUT2D eigenvalue weighted by molar-refractivity contribution is 6.17. The Kier molecular flexibility index (Phi) is 5.09. The molecule has 0 aromatic heterocycles. The van der Waals surface area contributed by atoms with Crippen LogP contribution in [-0.2, 0) is 6.42 Å². The van der Waals surface area contributed by atoms with Crippen molar-refractivity contribution in [3.63, 3.8) is 0 Å². The Morgan fingerprint density at radius 2 is 2.00 bits per heavy atom. The molecule has 1 atom stereocenters. The summed E-state index contributed by atoms with van der Waals surface area (Å²) in [6.07, 6.45) is 7.92. The molecule has 4 aliphatic rings. The molecule has 0 radical (unpaired) electrons. The monoisotopic (exact) mass is 453 g/mol. The topological polar surface area (TPSA) is 40.2 Å². The van der Waals surface area contributed by atoms with Crippen LogP contribution in [0.25, 0.3) is 11.8 Å². The van der Waals surface area contributed by atoms with Crippen molar-refractivity contribution >= 4 is 23.4 Å². The number of fused-ring (bicyclic) bond motifs is 5. The lowest BCUT2D eigenvalue weighted by molar-refractivity contribution is 0.137. The van der Waals surface area contributed by atoms with Crippen LogP contribution in [0.3, 0.4) is 0 Å². The minimum Gasteiger partial charge on any atom is -0.493 e. The van der Waals surface area contributed by atoms with E-state index in [1.165, 1.54) is 47.2 Å². The normalized spacial score (nSPS) is 20.6. The van der Waals surface area contributed by atoms with Crippen molar-refractivity contribution in [2.75, 3.05) is 32.9 Å². The third kappa shape index (κ3) is 3.13. The van der Waals surface area contributed by atoms with Crippen LogP contribution in [0.1, 0.15) is 54.0 Å². The maximum Gasteiger partial charge on any atom is 0.231 e. The molecule has 5 nitrogen and oxygen atoms in total. The maximum absolute atomic E-state index is 6.32. The Balaban J connectivity index is 1.50. The van der Waals surface area contributed by atoms with Crippen LogP contribution in [-0.4, -0.2) is 37.8 Å². The Bertz CT molecular complexity index is 1080. The third-order valence-corrected chi connectivity index (χ3v) is 7.53. The highest BCUT2D eigenvalue weighted by Crippen LogP contribution is 2.55. The quantitative estimate of drug-likeness (QED) is 0.418. The molecule has 3 heterocycles. The average molecular weight is 454 g/mol. The van der Waals surface area contributed by atoms with Gasteiger partial charge >= 0.3 is 0 Å². The number of halogens is 1. The third-order valence-electron chi connectivity index (χ3n) is 7.26. The van der Waals surface area contributed by atoms with Gasteiger partial charge in [0.1, 0.15) is 0 Å². The first-order valence-corrected chi connectivity index (χ1v) is 12.1. The zero-order valence-electron chi connectivity index (χ0n) is 18.4. The van der Waals surface area contributed by atoms with Crippen molar-refractivity contribution in [3.05, 3.63) is 46.5 Å². The van der Waals surface area contributed by atoms with Gasteiger partial charge in [-0.3, -0.25) is 0 Å². The molecule has 0 amide bonds. The first-order chi connectivity index (χ1) is 15.8. The minimum absolute atomic E-state index is 0.290. The second-order valence-electron chi connectivity index (χ2n) is 8.96. The molecular weight excluding hydrogens is 426 g/mol. The van der Waals surface area contributed by atoms with E-state index in [2.05, 4.69) is 29.2 Å². The standard InChI is InChI=1S/C26H28ClNO4/c1-29-21-7-6-18-12-20-19-14-23-22(31-15-32-23)13-17(19)8-10-28(20)25(16-4-2-5-16)24(18)26(21)30-11-3-9-27/h6-7,12-14,16,25H,2-5,8-11,15H2,1H3/t25-/m0/s1. The molecule has 1 saturated carbocycles. The Hall–Kier alpha value is -2.53. The Labute approximate surface area is 193 Å². The molecule has 0 spiro atoms. The van der Waals surface area contributed by atoms with Gasteiger partial charge in [-0.05, 0) is 67.0 Å². The molecule has 0 unspecified atom stereocenters. The van der Waals surface area contributed by atoms with Gasteiger partial charge in [-0.15, -0.1) is 11.6 Å². The second-order valence-corrected chi connectivity index (χ2v) is 9.34. The van der Waals surface area contributed by atoms with E-state index in [-0.39, 0.29) is 0 Å². The summed E-state index contributed by atoms with van der Waals surface area (Å²) in [6, 6.07) is 8.83. The number of hydrogen-bond donors (Lipinski definition) is 0. The van der Waals surface area contributed by atoms with Gasteiger partial charge in [0.05, 0.1) is 19.8 Å². The van der Waals surface area contributed by atoms with Gasteiger partial charge in [0.25, 0.3) is 0 Å². The summed E-state index contributed by atoms with van der Waals surface area (Å²) < 4.78 is 23.4. The highest BCUT2D eigenvalue weighted by atomic mass is 35.5. The van der Waals surface area contributed by atoms with Crippen LogP contribution in [0.5, 0.6) is 23.0 Å². The van der Waals surface area contributed by atoms with Crippen LogP contribution >= 0.6 is 11.6 Å². The van der Waals surface area contributed by atoms with Crippen LogP contribution in [0.2, 0.25) is 0 Å². The van der Waals surface area contributed by atoms with E-state index in [1.54, 1.807) is 7.11 Å². The fraction of sp³-hybridized carbons (Fsp3) is 0.462. The molecule has 2 aromatic carbocycles. The SMILES string of the molecule is COc1ccc2c(c1OCCCCl)[C@H](C1CCC1)N1CCc3cc4c(cc3C1=C2)OCO4. The van der Waals surface area contributed by atoms with E-state index in [0.717, 1.165) is 42.4 Å². The first kappa shape index (κ1) is 20.1. The van der Waals surface area contributed by atoms with Crippen molar-refractivity contribution in [3.8, 4) is 23.0 Å². The summed E-state index contributed by atoms with van der Waals surface area (Å²) in [5, 5.41) is 0. The molecule has 6 rings (SSSR count). The molecule has 168 valence electrons. The number of hydrogen-bond acceptors (Lipinski definition) is 5. The van der Waals surface area contributed by atoms with Gasteiger partial charge < -0.3 is 23.8 Å². The summed E-state index contributed by atoms with van der Waals surface area (Å²) in [5.41, 5.74) is 6.37. The fourth-order valence-electron chi connectivity index (χ4n) is 5.51. The largest absolute Gasteiger partial charge is 0.493 e. The van der Waals surface area contributed by atoms with Gasteiger partial charge in [0.15, 0.2) is 23.0 Å². The molecule has 32 heavy (non-hydrogen) atoms. The lowest BCUT2D eigenvalue weighted by Gasteiger charge is -2.49. The fourth-order valence-corrected chi connectivity index (χ4v) is 5.62. The van der Waals surface area contributed by atoms with Crippen molar-refractivity contribution in [1.82, 2.24) is 4.90 Å².